The zero-order chi connectivity index (χ0) is 21.0. The van der Waals surface area contributed by atoms with Crippen molar-refractivity contribution in [1.29, 1.82) is 0 Å². The van der Waals surface area contributed by atoms with Crippen LogP contribution in [0, 0.1) is 0 Å². The van der Waals surface area contributed by atoms with Crippen LogP contribution in [0.15, 0.2) is 6.33 Å². The van der Waals surface area contributed by atoms with E-state index in [2.05, 4.69) is 15.0 Å². The van der Waals surface area contributed by atoms with Crippen molar-refractivity contribution in [1.82, 2.24) is 19.5 Å². The third kappa shape index (κ3) is 5.14. The van der Waals surface area contributed by atoms with Crippen LogP contribution < -0.4 is 0 Å². The molecular weight excluding hydrogens is 446 g/mol. The van der Waals surface area contributed by atoms with Crippen LogP contribution in [0.5, 0.6) is 0 Å². The smallest absolute Gasteiger partial charge is 0.344 e. The molecule has 0 saturated carbocycles. The van der Waals surface area contributed by atoms with E-state index < -0.39 is 20.2 Å². The van der Waals surface area contributed by atoms with Crippen molar-refractivity contribution >= 4 is 48.7 Å². The summed E-state index contributed by atoms with van der Waals surface area (Å²) in [6.07, 6.45) is 2.44. The molecule has 3 heterocycles. The fourth-order valence-corrected chi connectivity index (χ4v) is 4.38. The number of aromatic nitrogens is 4. The summed E-state index contributed by atoms with van der Waals surface area (Å²) in [6, 6.07) is 0. The van der Waals surface area contributed by atoms with Crippen molar-refractivity contribution in [3.8, 4) is 0 Å². The first-order chi connectivity index (χ1) is 14.0. The number of ether oxygens (including phenoxy) is 3. The topological polar surface area (TPSA) is 107 Å². The number of carbonyl (C=O) groups is 1. The minimum atomic E-state index is -1.58. The lowest BCUT2D eigenvalue weighted by atomic mass is 10.2. The highest BCUT2D eigenvalue weighted by Gasteiger charge is 2.35. The zero-order valence-electron chi connectivity index (χ0n) is 16.1. The number of fused-ring (bicyclic) bond motifs is 1. The number of imidazole rings is 1. The molecule has 0 aromatic carbocycles. The maximum atomic E-state index is 12.2. The van der Waals surface area contributed by atoms with Gasteiger partial charge in [0.15, 0.2) is 10.8 Å². The molecule has 0 N–H and O–H groups in total. The summed E-state index contributed by atoms with van der Waals surface area (Å²) in [5.41, 5.74) is 0.945. The fraction of sp³-hybridized carbons (Fsp3) is 0.625. The van der Waals surface area contributed by atoms with Crippen LogP contribution in [-0.2, 0) is 28.1 Å². The van der Waals surface area contributed by atoms with Gasteiger partial charge < -0.3 is 23.3 Å². The Morgan fingerprint density at radius 1 is 1.34 bits per heavy atom. The third-order valence-electron chi connectivity index (χ3n) is 4.23. The second-order valence-corrected chi connectivity index (χ2v) is 8.45. The maximum Gasteiger partial charge on any atom is 0.344 e. The fourth-order valence-electron chi connectivity index (χ4n) is 2.97. The van der Waals surface area contributed by atoms with Gasteiger partial charge in [-0.25, -0.2) is 14.8 Å². The van der Waals surface area contributed by atoms with Crippen molar-refractivity contribution in [2.24, 2.45) is 0 Å². The second-order valence-electron chi connectivity index (χ2n) is 5.99. The molecule has 1 fully saturated rings. The molecule has 29 heavy (non-hydrogen) atoms. The average molecular weight is 467 g/mol. The third-order valence-corrected chi connectivity index (χ3v) is 6.12. The molecule has 3 rings (SSSR count). The Kier molecular flexibility index (Phi) is 7.98. The summed E-state index contributed by atoms with van der Waals surface area (Å²) >= 11 is 12.0. The second kappa shape index (κ2) is 10.3. The highest BCUT2D eigenvalue weighted by molar-refractivity contribution is 7.49. The first kappa shape index (κ1) is 22.6. The largest absolute Gasteiger partial charge is 0.464 e. The van der Waals surface area contributed by atoms with E-state index in [-0.39, 0.29) is 36.0 Å². The van der Waals surface area contributed by atoms with Gasteiger partial charge in [-0.05, 0) is 31.4 Å². The van der Waals surface area contributed by atoms with Gasteiger partial charge >= 0.3 is 5.97 Å². The van der Waals surface area contributed by atoms with Crippen LogP contribution in [0.3, 0.4) is 0 Å². The molecule has 10 nitrogen and oxygen atoms in total. The van der Waals surface area contributed by atoms with Crippen molar-refractivity contribution in [3.05, 3.63) is 16.8 Å². The van der Waals surface area contributed by atoms with Crippen LogP contribution in [0.25, 0.3) is 11.2 Å². The molecule has 13 heteroatoms. The molecule has 0 aliphatic carbocycles. The predicted molar refractivity (Wildman–Crippen MR) is 106 cm³/mol. The van der Waals surface area contributed by atoms with Gasteiger partial charge in [0.25, 0.3) is 0 Å². The predicted octanol–water partition coefficient (Wildman–Crippen LogP) is 3.32. The van der Waals surface area contributed by atoms with Crippen molar-refractivity contribution in [2.75, 3.05) is 27.4 Å². The van der Waals surface area contributed by atoms with Crippen LogP contribution in [0.4, 0.5) is 0 Å². The summed E-state index contributed by atoms with van der Waals surface area (Å²) in [6.45, 7) is 2.13. The number of esters is 1. The van der Waals surface area contributed by atoms with E-state index in [1.165, 1.54) is 14.2 Å². The molecule has 2 aromatic rings. The van der Waals surface area contributed by atoms with Gasteiger partial charge in [-0.3, -0.25) is 4.57 Å². The zero-order valence-corrected chi connectivity index (χ0v) is 18.5. The standard InChI is InChI=1S/C16H21Cl2N4O6P/c1-4-26-14(23)15(29(24-2)25-3)27-7-9-5-6-10(28-9)22-8-19-11-12(17)20-16(18)21-13(11)22/h8-10,15H,4-7H2,1-3H3/t9-,10+,15?/m0/s1. The van der Waals surface area contributed by atoms with Crippen molar-refractivity contribution < 1.29 is 28.1 Å². The number of halogens is 2. The molecule has 2 aromatic heterocycles. The van der Waals surface area contributed by atoms with E-state index in [1.54, 1.807) is 17.8 Å². The molecule has 1 saturated heterocycles. The SMILES string of the molecule is CCOC(=O)C(OC[C@@H]1CC[C@H](n2cnc3c(Cl)nc(Cl)nc32)O1)P(OC)OC. The lowest BCUT2D eigenvalue weighted by molar-refractivity contribution is -0.154. The number of hydrogen-bond acceptors (Lipinski definition) is 9. The van der Waals surface area contributed by atoms with E-state index in [0.29, 0.717) is 24.0 Å². The van der Waals surface area contributed by atoms with Gasteiger partial charge in [0.05, 0.1) is 25.6 Å². The van der Waals surface area contributed by atoms with Crippen molar-refractivity contribution in [2.45, 2.75) is 37.9 Å². The Morgan fingerprint density at radius 3 is 2.79 bits per heavy atom. The molecule has 1 aliphatic heterocycles. The Morgan fingerprint density at radius 2 is 2.10 bits per heavy atom. The van der Waals surface area contributed by atoms with Crippen LogP contribution in [0.1, 0.15) is 26.0 Å². The lowest BCUT2D eigenvalue weighted by Gasteiger charge is -2.23. The van der Waals surface area contributed by atoms with Gasteiger partial charge in [0.1, 0.15) is 11.7 Å². The highest BCUT2D eigenvalue weighted by Crippen LogP contribution is 2.43. The molecule has 0 radical (unpaired) electrons. The van der Waals surface area contributed by atoms with E-state index in [0.717, 1.165) is 0 Å². The van der Waals surface area contributed by atoms with Gasteiger partial charge in [-0.2, -0.15) is 4.98 Å². The summed E-state index contributed by atoms with van der Waals surface area (Å²) in [7, 11) is 1.32. The molecular formula is C16H21Cl2N4O6P. The quantitative estimate of drug-likeness (QED) is 0.238. The van der Waals surface area contributed by atoms with E-state index in [1.807, 2.05) is 0 Å². The molecule has 0 bridgehead atoms. The van der Waals surface area contributed by atoms with Gasteiger partial charge in [-0.1, -0.05) is 11.6 Å². The number of rotatable bonds is 9. The Balaban J connectivity index is 1.65. The maximum absolute atomic E-state index is 12.2. The highest BCUT2D eigenvalue weighted by atomic mass is 35.5. The van der Waals surface area contributed by atoms with E-state index in [4.69, 9.17) is 46.5 Å². The molecule has 1 unspecified atom stereocenters. The molecule has 160 valence electrons. The summed E-state index contributed by atoms with van der Waals surface area (Å²) in [5.74, 6) is -1.49. The first-order valence-electron chi connectivity index (χ1n) is 8.85. The molecule has 3 atom stereocenters. The monoisotopic (exact) mass is 466 g/mol. The summed E-state index contributed by atoms with van der Waals surface area (Å²) in [5, 5.41) is 0.216. The normalized spacial score (nSPS) is 20.5. The van der Waals surface area contributed by atoms with Gasteiger partial charge in [0, 0.05) is 14.2 Å². The Labute approximate surface area is 178 Å². The summed E-state index contributed by atoms with van der Waals surface area (Å²) in [4.78, 5) is 24.5. The Bertz CT molecular complexity index is 852. The average Bonchev–Trinajstić information content (AvgIpc) is 3.32. The van der Waals surface area contributed by atoms with Crippen molar-refractivity contribution in [3.63, 3.8) is 0 Å². The Hall–Kier alpha value is -1.13. The van der Waals surface area contributed by atoms with Crippen LogP contribution >= 0.6 is 31.6 Å². The summed E-state index contributed by atoms with van der Waals surface area (Å²) < 4.78 is 29.1. The van der Waals surface area contributed by atoms with Crippen LogP contribution in [0.2, 0.25) is 10.4 Å². The first-order valence-corrected chi connectivity index (χ1v) is 10.8. The van der Waals surface area contributed by atoms with Gasteiger partial charge in [0.2, 0.25) is 19.5 Å². The minimum absolute atomic E-state index is 0.0342. The molecule has 1 aliphatic rings. The van der Waals surface area contributed by atoms with Crippen LogP contribution in [-0.4, -0.2) is 64.9 Å². The molecule has 0 amide bonds. The minimum Gasteiger partial charge on any atom is -0.464 e. The number of nitrogens with zero attached hydrogens (tertiary/aromatic N) is 4. The molecule has 0 spiro atoms. The van der Waals surface area contributed by atoms with E-state index >= 15 is 0 Å². The van der Waals surface area contributed by atoms with E-state index in [9.17, 15) is 4.79 Å². The lowest BCUT2D eigenvalue weighted by Crippen LogP contribution is -2.29. The number of carbonyl (C=O) groups excluding carboxylic acids is 1. The van der Waals surface area contributed by atoms with Gasteiger partial charge in [-0.15, -0.1) is 0 Å². The number of hydrogen-bond donors (Lipinski definition) is 0.